The summed E-state index contributed by atoms with van der Waals surface area (Å²) in [6.07, 6.45) is 0. The molecule has 1 aromatic heterocycles. The number of ether oxygens (including phenoxy) is 1. The van der Waals surface area contributed by atoms with Crippen LogP contribution in [-0.2, 0) is 9.53 Å². The first kappa shape index (κ1) is 12.6. The molecule has 8 nitrogen and oxygen atoms in total. The smallest absolute Gasteiger partial charge is 0.445 e. The van der Waals surface area contributed by atoms with Gasteiger partial charge in [0.1, 0.15) is 0 Å². The van der Waals surface area contributed by atoms with Gasteiger partial charge in [-0.05, 0) is 29.5 Å². The van der Waals surface area contributed by atoms with Gasteiger partial charge in [0.05, 0.1) is 12.3 Å². The van der Waals surface area contributed by atoms with E-state index in [1.165, 1.54) is 4.68 Å². The molecule has 96 valence electrons. The lowest BCUT2D eigenvalue weighted by Gasteiger charge is -2.01. The maximum atomic E-state index is 11.6. The van der Waals surface area contributed by atoms with E-state index in [4.69, 9.17) is 10.3 Å². The number of esters is 1. The Bertz CT molecular complexity index is 630. The van der Waals surface area contributed by atoms with Crippen molar-refractivity contribution >= 4 is 11.7 Å². The first-order valence-corrected chi connectivity index (χ1v) is 5.51. The Hall–Kier alpha value is -2.86. The standard InChI is InChI=1S/C11H10N6O2/c1-2-19-11(18)9(13-12)10-14-15-16-17(10)8-6-4-3-5-7-8/h3-7H,2H2,1H3. The van der Waals surface area contributed by atoms with Crippen molar-refractivity contribution in [1.82, 2.24) is 20.2 Å². The molecular formula is C11H10N6O2. The Balaban J connectivity index is 2.45. The van der Waals surface area contributed by atoms with Gasteiger partial charge in [0, 0.05) is 0 Å². The Labute approximate surface area is 108 Å². The van der Waals surface area contributed by atoms with Crippen LogP contribution in [0.15, 0.2) is 30.3 Å². The van der Waals surface area contributed by atoms with E-state index >= 15 is 0 Å². The monoisotopic (exact) mass is 258 g/mol. The molecule has 0 spiro atoms. The lowest BCUT2D eigenvalue weighted by Crippen LogP contribution is -2.24. The van der Waals surface area contributed by atoms with Crippen LogP contribution in [0, 0.1) is 0 Å². The predicted octanol–water partition coefficient (Wildman–Crippen LogP) is 0.244. The van der Waals surface area contributed by atoms with Crippen LogP contribution in [0.1, 0.15) is 12.7 Å². The highest BCUT2D eigenvalue weighted by Crippen LogP contribution is 2.07. The first-order valence-electron chi connectivity index (χ1n) is 5.51. The molecular weight excluding hydrogens is 248 g/mol. The molecule has 0 saturated carbocycles. The normalized spacial score (nSPS) is 9.74. The molecule has 0 saturated heterocycles. The Kier molecular flexibility index (Phi) is 3.75. The molecule has 2 rings (SSSR count). The Morgan fingerprint density at radius 1 is 1.42 bits per heavy atom. The molecule has 0 bridgehead atoms. The fourth-order valence-electron chi connectivity index (χ4n) is 1.45. The third-order valence-electron chi connectivity index (χ3n) is 2.25. The van der Waals surface area contributed by atoms with E-state index in [-0.39, 0.29) is 18.1 Å². The number of hydrogen-bond acceptors (Lipinski definition) is 5. The van der Waals surface area contributed by atoms with Crippen LogP contribution >= 0.6 is 0 Å². The number of aromatic nitrogens is 4. The molecule has 8 heteroatoms. The van der Waals surface area contributed by atoms with E-state index in [2.05, 4.69) is 20.3 Å². The lowest BCUT2D eigenvalue weighted by molar-refractivity contribution is -0.139. The molecule has 1 heterocycles. The SMILES string of the molecule is CCOC(=O)C(=[N+]=[N-])c1nnnn1-c1ccccc1. The number of carbonyl (C=O) groups excluding carboxylic acids is 1. The lowest BCUT2D eigenvalue weighted by atomic mass is 10.3. The van der Waals surface area contributed by atoms with Crippen molar-refractivity contribution in [3.8, 4) is 5.69 Å². The van der Waals surface area contributed by atoms with Gasteiger partial charge in [-0.3, -0.25) is 0 Å². The maximum absolute atomic E-state index is 11.6. The first-order chi connectivity index (χ1) is 9.27. The zero-order valence-electron chi connectivity index (χ0n) is 10.1. The summed E-state index contributed by atoms with van der Waals surface area (Å²) in [6, 6.07) is 8.92. The highest BCUT2D eigenvalue weighted by Gasteiger charge is 2.31. The Morgan fingerprint density at radius 3 is 2.79 bits per heavy atom. The number of rotatable bonds is 4. The summed E-state index contributed by atoms with van der Waals surface area (Å²) in [5.74, 6) is -0.788. The number of tetrazole rings is 1. The van der Waals surface area contributed by atoms with Crippen molar-refractivity contribution < 1.29 is 14.3 Å². The van der Waals surface area contributed by atoms with Crippen molar-refractivity contribution in [3.63, 3.8) is 0 Å². The van der Waals surface area contributed by atoms with Gasteiger partial charge in [0.25, 0.3) is 5.82 Å². The summed E-state index contributed by atoms with van der Waals surface area (Å²) in [5.41, 5.74) is 9.23. The molecule has 0 aliphatic rings. The number of benzene rings is 1. The largest absolute Gasteiger partial charge is 0.457 e. The molecule has 0 unspecified atom stereocenters. The fraction of sp³-hybridized carbons (Fsp3) is 0.182. The van der Waals surface area contributed by atoms with Crippen LogP contribution < -0.4 is 0 Å². The molecule has 0 aliphatic carbocycles. The van der Waals surface area contributed by atoms with Gasteiger partial charge >= 0.3 is 11.7 Å². The summed E-state index contributed by atoms with van der Waals surface area (Å²) >= 11 is 0. The third-order valence-corrected chi connectivity index (χ3v) is 2.25. The minimum Gasteiger partial charge on any atom is -0.457 e. The van der Waals surface area contributed by atoms with Crippen LogP contribution in [0.25, 0.3) is 11.2 Å². The summed E-state index contributed by atoms with van der Waals surface area (Å²) in [6.45, 7) is 1.80. The van der Waals surface area contributed by atoms with E-state index in [0.717, 1.165) is 0 Å². The van der Waals surface area contributed by atoms with E-state index in [1.807, 2.05) is 6.07 Å². The summed E-state index contributed by atoms with van der Waals surface area (Å²) < 4.78 is 6.05. The molecule has 1 aromatic carbocycles. The van der Waals surface area contributed by atoms with Crippen molar-refractivity contribution in [2.75, 3.05) is 6.61 Å². The zero-order chi connectivity index (χ0) is 13.7. The number of carbonyl (C=O) groups is 1. The van der Waals surface area contributed by atoms with Crippen molar-refractivity contribution in [1.29, 1.82) is 0 Å². The second-order valence-electron chi connectivity index (χ2n) is 3.42. The fourth-order valence-corrected chi connectivity index (χ4v) is 1.45. The van der Waals surface area contributed by atoms with Gasteiger partial charge in [0.15, 0.2) is 0 Å². The van der Waals surface area contributed by atoms with Gasteiger partial charge in [-0.15, -0.1) is 0 Å². The topological polar surface area (TPSA) is 106 Å². The van der Waals surface area contributed by atoms with Crippen LogP contribution in [0.4, 0.5) is 0 Å². The average molecular weight is 258 g/mol. The molecule has 0 atom stereocenters. The van der Waals surface area contributed by atoms with E-state index in [9.17, 15) is 4.79 Å². The third kappa shape index (κ3) is 2.53. The second kappa shape index (κ2) is 5.65. The number of para-hydroxylation sites is 1. The predicted molar refractivity (Wildman–Crippen MR) is 63.5 cm³/mol. The van der Waals surface area contributed by atoms with Crippen LogP contribution in [0.2, 0.25) is 0 Å². The maximum Gasteiger partial charge on any atom is 0.445 e. The van der Waals surface area contributed by atoms with Crippen LogP contribution in [0.5, 0.6) is 0 Å². The minimum absolute atomic E-state index is 0.00662. The van der Waals surface area contributed by atoms with E-state index in [1.54, 1.807) is 31.2 Å². The highest BCUT2D eigenvalue weighted by atomic mass is 16.5. The minimum atomic E-state index is -0.794. The molecule has 0 radical (unpaired) electrons. The van der Waals surface area contributed by atoms with Crippen molar-refractivity contribution in [2.24, 2.45) is 0 Å². The van der Waals surface area contributed by atoms with Crippen molar-refractivity contribution in [2.45, 2.75) is 6.92 Å². The molecule has 0 amide bonds. The Morgan fingerprint density at radius 2 is 2.16 bits per heavy atom. The molecule has 19 heavy (non-hydrogen) atoms. The summed E-state index contributed by atoms with van der Waals surface area (Å²) in [7, 11) is 0. The number of hydrogen-bond donors (Lipinski definition) is 0. The van der Waals surface area contributed by atoms with E-state index in [0.29, 0.717) is 5.69 Å². The molecule has 2 aromatic rings. The van der Waals surface area contributed by atoms with Crippen molar-refractivity contribution in [3.05, 3.63) is 41.7 Å². The van der Waals surface area contributed by atoms with Crippen LogP contribution in [-0.4, -0.2) is 43.3 Å². The molecule has 0 aliphatic heterocycles. The average Bonchev–Trinajstić information content (AvgIpc) is 2.90. The quantitative estimate of drug-likeness (QED) is 0.338. The van der Waals surface area contributed by atoms with Gasteiger partial charge in [0.2, 0.25) is 0 Å². The van der Waals surface area contributed by atoms with Gasteiger partial charge in [-0.25, -0.2) is 4.79 Å². The molecule has 0 fully saturated rings. The van der Waals surface area contributed by atoms with Gasteiger partial charge in [-0.2, -0.15) is 9.47 Å². The van der Waals surface area contributed by atoms with Gasteiger partial charge in [-0.1, -0.05) is 23.3 Å². The summed E-state index contributed by atoms with van der Waals surface area (Å²) in [5, 5.41) is 10.9. The summed E-state index contributed by atoms with van der Waals surface area (Å²) in [4.78, 5) is 14.5. The van der Waals surface area contributed by atoms with E-state index < -0.39 is 5.97 Å². The van der Waals surface area contributed by atoms with Crippen LogP contribution in [0.3, 0.4) is 0 Å². The van der Waals surface area contributed by atoms with Gasteiger partial charge < -0.3 is 10.3 Å². The second-order valence-corrected chi connectivity index (χ2v) is 3.42. The highest BCUT2D eigenvalue weighted by molar-refractivity contribution is 6.39. The zero-order valence-corrected chi connectivity index (χ0v) is 10.1. The number of nitrogens with zero attached hydrogens (tertiary/aromatic N) is 6. The molecule has 0 N–H and O–H groups in total.